The van der Waals surface area contributed by atoms with Gasteiger partial charge in [-0.05, 0) is 12.5 Å². The Bertz CT molecular complexity index is 845. The van der Waals surface area contributed by atoms with Crippen molar-refractivity contribution in [3.63, 3.8) is 0 Å². The van der Waals surface area contributed by atoms with Gasteiger partial charge >= 0.3 is 5.97 Å². The maximum absolute atomic E-state index is 13.1. The van der Waals surface area contributed by atoms with Gasteiger partial charge < -0.3 is 4.74 Å². The molecule has 1 unspecified atom stereocenters. The number of fused-ring (bicyclic) bond motifs is 1. The van der Waals surface area contributed by atoms with Crippen molar-refractivity contribution in [1.82, 2.24) is 0 Å². The molecule has 0 spiro atoms. The molecular weight excluding hydrogens is 310 g/mol. The van der Waals surface area contributed by atoms with Gasteiger partial charge in [-0.3, -0.25) is 19.7 Å². The average Bonchev–Trinajstić information content (AvgIpc) is 2.89. The predicted molar refractivity (Wildman–Crippen MR) is 85.9 cm³/mol. The van der Waals surface area contributed by atoms with Crippen LogP contribution in [0, 0.1) is 10.1 Å². The summed E-state index contributed by atoms with van der Waals surface area (Å²) in [5.74, 6) is -1.20. The second kappa shape index (κ2) is 5.88. The largest absolute Gasteiger partial charge is 0.465 e. The van der Waals surface area contributed by atoms with Gasteiger partial charge in [0.15, 0.2) is 11.2 Å². The summed E-state index contributed by atoms with van der Waals surface area (Å²) in [4.78, 5) is 36.7. The Morgan fingerprint density at radius 1 is 1.21 bits per heavy atom. The molecule has 2 aromatic carbocycles. The molecule has 1 aliphatic rings. The summed E-state index contributed by atoms with van der Waals surface area (Å²) in [6.45, 7) is 1.72. The van der Waals surface area contributed by atoms with E-state index in [2.05, 4.69) is 0 Å². The molecule has 0 radical (unpaired) electrons. The fourth-order valence-electron chi connectivity index (χ4n) is 3.23. The van der Waals surface area contributed by atoms with E-state index >= 15 is 0 Å². The van der Waals surface area contributed by atoms with E-state index in [1.165, 1.54) is 18.2 Å². The lowest BCUT2D eigenvalue weighted by Gasteiger charge is -2.25. The predicted octanol–water partition coefficient (Wildman–Crippen LogP) is 2.83. The zero-order valence-corrected chi connectivity index (χ0v) is 13.0. The Hall–Kier alpha value is -3.02. The summed E-state index contributed by atoms with van der Waals surface area (Å²) in [7, 11) is 0. The number of hydrogen-bond donors (Lipinski definition) is 0. The van der Waals surface area contributed by atoms with E-state index < -0.39 is 22.1 Å². The summed E-state index contributed by atoms with van der Waals surface area (Å²) in [5.41, 5.74) is -0.789. The van der Waals surface area contributed by atoms with E-state index in [4.69, 9.17) is 4.74 Å². The van der Waals surface area contributed by atoms with Crippen molar-refractivity contribution in [2.24, 2.45) is 0 Å². The third kappa shape index (κ3) is 2.19. The topological polar surface area (TPSA) is 86.5 Å². The highest BCUT2D eigenvalue weighted by molar-refractivity contribution is 6.21. The van der Waals surface area contributed by atoms with E-state index in [0.29, 0.717) is 11.1 Å². The number of para-hydroxylation sites is 1. The van der Waals surface area contributed by atoms with Gasteiger partial charge in [-0.2, -0.15) is 0 Å². The van der Waals surface area contributed by atoms with Crippen molar-refractivity contribution in [1.29, 1.82) is 0 Å². The van der Waals surface area contributed by atoms with Gasteiger partial charge in [-0.1, -0.05) is 42.5 Å². The monoisotopic (exact) mass is 325 g/mol. The second-order valence-corrected chi connectivity index (χ2v) is 5.56. The molecule has 1 aliphatic carbocycles. The lowest BCUT2D eigenvalue weighted by molar-refractivity contribution is -0.385. The van der Waals surface area contributed by atoms with Crippen LogP contribution in [0.15, 0.2) is 48.5 Å². The molecular formula is C18H15NO5. The molecule has 0 saturated carbocycles. The van der Waals surface area contributed by atoms with Gasteiger partial charge in [0.25, 0.3) is 5.69 Å². The third-order valence-corrected chi connectivity index (χ3v) is 4.29. The number of benzene rings is 2. The summed E-state index contributed by atoms with van der Waals surface area (Å²) >= 11 is 0. The highest BCUT2D eigenvalue weighted by Crippen LogP contribution is 2.44. The number of carbonyl (C=O) groups is 2. The molecule has 0 fully saturated rings. The van der Waals surface area contributed by atoms with Crippen molar-refractivity contribution in [3.05, 3.63) is 75.3 Å². The van der Waals surface area contributed by atoms with Gasteiger partial charge in [0, 0.05) is 18.1 Å². The third-order valence-electron chi connectivity index (χ3n) is 4.29. The quantitative estimate of drug-likeness (QED) is 0.373. The number of esters is 1. The highest BCUT2D eigenvalue weighted by Gasteiger charge is 2.56. The lowest BCUT2D eigenvalue weighted by Crippen LogP contribution is -2.43. The van der Waals surface area contributed by atoms with Crippen LogP contribution < -0.4 is 0 Å². The van der Waals surface area contributed by atoms with Crippen LogP contribution in [0.4, 0.5) is 5.69 Å². The van der Waals surface area contributed by atoms with E-state index in [1.54, 1.807) is 37.3 Å². The fraction of sp³-hybridized carbons (Fsp3) is 0.222. The normalized spacial score (nSPS) is 19.0. The van der Waals surface area contributed by atoms with Crippen LogP contribution in [0.1, 0.15) is 28.4 Å². The molecule has 6 heteroatoms. The summed E-state index contributed by atoms with van der Waals surface area (Å²) in [6, 6.07) is 12.7. The molecule has 2 aromatic rings. The van der Waals surface area contributed by atoms with Crippen LogP contribution in [0.3, 0.4) is 0 Å². The molecule has 24 heavy (non-hydrogen) atoms. The Balaban J connectivity index is 2.26. The zero-order chi connectivity index (χ0) is 17.3. The Kier molecular flexibility index (Phi) is 3.89. The molecule has 122 valence electrons. The second-order valence-electron chi connectivity index (χ2n) is 5.56. The van der Waals surface area contributed by atoms with Crippen molar-refractivity contribution in [2.75, 3.05) is 6.61 Å². The molecule has 3 rings (SSSR count). The average molecular weight is 325 g/mol. The van der Waals surface area contributed by atoms with Crippen LogP contribution >= 0.6 is 0 Å². The van der Waals surface area contributed by atoms with Crippen LogP contribution in [-0.2, 0) is 21.4 Å². The Labute approximate surface area is 138 Å². The first kappa shape index (κ1) is 15.9. The first-order valence-electron chi connectivity index (χ1n) is 7.56. The first-order valence-corrected chi connectivity index (χ1v) is 7.56. The number of Topliss-reactive ketones (excluding diaryl/α,β-unsaturated/α-hetero) is 1. The van der Waals surface area contributed by atoms with Gasteiger partial charge in [-0.25, -0.2) is 0 Å². The standard InChI is InChI=1S/C18H15NO5/c1-2-24-17(21)18(14-9-5-6-10-15(14)19(22)23)11-12-7-3-4-8-13(12)16(18)20/h3-10H,2,11H2,1H3. The summed E-state index contributed by atoms with van der Waals surface area (Å²) in [5, 5.41) is 11.4. The van der Waals surface area contributed by atoms with Crippen LogP contribution in [0.2, 0.25) is 0 Å². The molecule has 0 amide bonds. The van der Waals surface area contributed by atoms with Crippen molar-refractivity contribution >= 4 is 17.4 Å². The molecule has 0 aromatic heterocycles. The Morgan fingerprint density at radius 3 is 2.54 bits per heavy atom. The smallest absolute Gasteiger partial charge is 0.325 e. The summed E-state index contributed by atoms with van der Waals surface area (Å²) < 4.78 is 5.14. The molecule has 0 bridgehead atoms. The van der Waals surface area contributed by atoms with Crippen molar-refractivity contribution in [3.8, 4) is 0 Å². The van der Waals surface area contributed by atoms with Crippen molar-refractivity contribution in [2.45, 2.75) is 18.8 Å². The molecule has 0 heterocycles. The van der Waals surface area contributed by atoms with E-state index in [9.17, 15) is 19.7 Å². The molecule has 0 aliphatic heterocycles. The van der Waals surface area contributed by atoms with Crippen LogP contribution in [-0.4, -0.2) is 23.3 Å². The number of carbonyl (C=O) groups excluding carboxylic acids is 2. The van der Waals surface area contributed by atoms with E-state index in [1.807, 2.05) is 0 Å². The highest BCUT2D eigenvalue weighted by atomic mass is 16.6. The number of nitro groups is 1. The summed E-state index contributed by atoms with van der Waals surface area (Å²) in [6.07, 6.45) is 0.0612. The maximum Gasteiger partial charge on any atom is 0.325 e. The fourth-order valence-corrected chi connectivity index (χ4v) is 3.23. The first-order chi connectivity index (χ1) is 11.5. The van der Waals surface area contributed by atoms with E-state index in [0.717, 1.165) is 0 Å². The number of nitro benzene ring substituents is 1. The van der Waals surface area contributed by atoms with Gasteiger partial charge in [0.05, 0.1) is 17.1 Å². The number of ether oxygens (including phenoxy) is 1. The van der Waals surface area contributed by atoms with Crippen LogP contribution in [0.5, 0.6) is 0 Å². The number of ketones is 1. The minimum absolute atomic E-state index is 0.0612. The van der Waals surface area contributed by atoms with Gasteiger partial charge in [0.1, 0.15) is 0 Å². The minimum Gasteiger partial charge on any atom is -0.465 e. The molecule has 1 atom stereocenters. The molecule has 0 N–H and O–H groups in total. The number of rotatable bonds is 4. The SMILES string of the molecule is CCOC(=O)C1(c2ccccc2[N+](=O)[O-])Cc2ccccc2C1=O. The maximum atomic E-state index is 13.1. The minimum atomic E-state index is -1.70. The zero-order valence-electron chi connectivity index (χ0n) is 13.0. The lowest BCUT2D eigenvalue weighted by atomic mass is 9.76. The Morgan fingerprint density at radius 2 is 1.88 bits per heavy atom. The van der Waals surface area contributed by atoms with Gasteiger partial charge in [-0.15, -0.1) is 0 Å². The van der Waals surface area contributed by atoms with Crippen LogP contribution in [0.25, 0.3) is 0 Å². The number of hydrogen-bond acceptors (Lipinski definition) is 5. The number of nitrogens with zero attached hydrogens (tertiary/aromatic N) is 1. The molecule has 0 saturated heterocycles. The van der Waals surface area contributed by atoms with E-state index in [-0.39, 0.29) is 24.3 Å². The molecule has 6 nitrogen and oxygen atoms in total. The van der Waals surface area contributed by atoms with Gasteiger partial charge in [0.2, 0.25) is 0 Å². The van der Waals surface area contributed by atoms with Crippen molar-refractivity contribution < 1.29 is 19.2 Å².